The maximum atomic E-state index is 13.7. The van der Waals surface area contributed by atoms with E-state index in [1.165, 1.54) is 18.2 Å². The highest BCUT2D eigenvalue weighted by molar-refractivity contribution is 6.31. The van der Waals surface area contributed by atoms with Crippen molar-refractivity contribution >= 4 is 29.3 Å². The number of carbonyl (C=O) groups is 1. The van der Waals surface area contributed by atoms with Crippen LogP contribution in [0.15, 0.2) is 42.5 Å². The second-order valence-electron chi connectivity index (χ2n) is 4.54. The van der Waals surface area contributed by atoms with E-state index in [1.54, 1.807) is 30.3 Å². The van der Waals surface area contributed by atoms with Crippen LogP contribution in [0.2, 0.25) is 5.02 Å². The van der Waals surface area contributed by atoms with E-state index in [-0.39, 0.29) is 17.5 Å². The van der Waals surface area contributed by atoms with Gasteiger partial charge in [-0.25, -0.2) is 4.39 Å². The minimum Gasteiger partial charge on any atom is -0.454 e. The molecule has 0 fully saturated rings. The largest absolute Gasteiger partial charge is 0.454 e. The number of amides is 1. The minimum atomic E-state index is -0.658. The van der Waals surface area contributed by atoms with E-state index in [1.807, 2.05) is 0 Å². The van der Waals surface area contributed by atoms with Crippen LogP contribution in [0.4, 0.5) is 10.1 Å². The minimum absolute atomic E-state index is 0.0350. The summed E-state index contributed by atoms with van der Waals surface area (Å²) in [5.74, 6) is 0.180. The molecule has 0 saturated carbocycles. The third-order valence-electron chi connectivity index (χ3n) is 3.03. The summed E-state index contributed by atoms with van der Waals surface area (Å²) in [4.78, 5) is 11.8. The highest BCUT2D eigenvalue weighted by Crippen LogP contribution is 2.32. The summed E-state index contributed by atoms with van der Waals surface area (Å²) in [7, 11) is 0. The Morgan fingerprint density at radius 3 is 2.91 bits per heavy atom. The lowest BCUT2D eigenvalue weighted by molar-refractivity contribution is -0.111. The van der Waals surface area contributed by atoms with E-state index in [2.05, 4.69) is 5.32 Å². The standard InChI is InChI=1S/C16H11ClFNO3/c17-11-2-1-3-12(16(11)18)19-15(20)7-5-10-4-6-13-14(8-10)22-9-21-13/h1-8H,9H2,(H,19,20)/b7-5+. The van der Waals surface area contributed by atoms with Crippen molar-refractivity contribution in [2.75, 3.05) is 12.1 Å². The summed E-state index contributed by atoms with van der Waals surface area (Å²) < 4.78 is 24.1. The van der Waals surface area contributed by atoms with Crippen molar-refractivity contribution in [3.8, 4) is 11.5 Å². The number of ether oxygens (including phenoxy) is 2. The normalized spacial score (nSPS) is 12.6. The lowest BCUT2D eigenvalue weighted by Crippen LogP contribution is -2.09. The molecular weight excluding hydrogens is 309 g/mol. The van der Waals surface area contributed by atoms with Crippen LogP contribution in [0.5, 0.6) is 11.5 Å². The molecule has 1 aliphatic rings. The van der Waals surface area contributed by atoms with E-state index in [4.69, 9.17) is 21.1 Å². The van der Waals surface area contributed by atoms with Gasteiger partial charge in [0.15, 0.2) is 17.3 Å². The molecule has 112 valence electrons. The molecule has 1 heterocycles. The number of hydrogen-bond donors (Lipinski definition) is 1. The third-order valence-corrected chi connectivity index (χ3v) is 3.33. The van der Waals surface area contributed by atoms with E-state index >= 15 is 0 Å². The first kappa shape index (κ1) is 14.4. The molecular formula is C16H11ClFNO3. The Bertz CT molecular complexity index is 761. The second kappa shape index (κ2) is 6.07. The quantitative estimate of drug-likeness (QED) is 0.874. The molecule has 0 aromatic heterocycles. The molecule has 0 spiro atoms. The number of rotatable bonds is 3. The second-order valence-corrected chi connectivity index (χ2v) is 4.94. The Kier molecular flexibility index (Phi) is 3.98. The lowest BCUT2D eigenvalue weighted by atomic mass is 10.2. The molecule has 4 nitrogen and oxygen atoms in total. The van der Waals surface area contributed by atoms with Crippen molar-refractivity contribution in [2.24, 2.45) is 0 Å². The Morgan fingerprint density at radius 2 is 2.05 bits per heavy atom. The Balaban J connectivity index is 1.70. The van der Waals surface area contributed by atoms with E-state index < -0.39 is 11.7 Å². The molecule has 0 aliphatic carbocycles. The van der Waals surface area contributed by atoms with Crippen molar-refractivity contribution in [3.05, 3.63) is 58.9 Å². The predicted molar refractivity (Wildman–Crippen MR) is 81.6 cm³/mol. The summed E-state index contributed by atoms with van der Waals surface area (Å²) in [5, 5.41) is 2.39. The number of fused-ring (bicyclic) bond motifs is 1. The zero-order chi connectivity index (χ0) is 15.5. The smallest absolute Gasteiger partial charge is 0.248 e. The van der Waals surface area contributed by atoms with Crippen molar-refractivity contribution in [1.82, 2.24) is 0 Å². The number of hydrogen-bond acceptors (Lipinski definition) is 3. The molecule has 6 heteroatoms. The van der Waals surface area contributed by atoms with Crippen molar-refractivity contribution < 1.29 is 18.7 Å². The Hall–Kier alpha value is -2.53. The molecule has 3 rings (SSSR count). The van der Waals surface area contributed by atoms with Gasteiger partial charge in [0.25, 0.3) is 0 Å². The van der Waals surface area contributed by atoms with Crippen LogP contribution in [-0.2, 0) is 4.79 Å². The van der Waals surface area contributed by atoms with Crippen LogP contribution in [0.25, 0.3) is 6.08 Å². The zero-order valence-electron chi connectivity index (χ0n) is 11.3. The van der Waals surface area contributed by atoms with Gasteiger partial charge in [0.2, 0.25) is 12.7 Å². The fourth-order valence-corrected chi connectivity index (χ4v) is 2.14. The highest BCUT2D eigenvalue weighted by atomic mass is 35.5. The van der Waals surface area contributed by atoms with Gasteiger partial charge in [-0.2, -0.15) is 0 Å². The van der Waals surface area contributed by atoms with Gasteiger partial charge < -0.3 is 14.8 Å². The predicted octanol–water partition coefficient (Wildman–Crippen LogP) is 3.86. The van der Waals surface area contributed by atoms with Crippen LogP contribution in [0.3, 0.4) is 0 Å². The zero-order valence-corrected chi connectivity index (χ0v) is 12.1. The average Bonchev–Trinajstić information content (AvgIpc) is 2.97. The van der Waals surface area contributed by atoms with Crippen LogP contribution in [0, 0.1) is 5.82 Å². The lowest BCUT2D eigenvalue weighted by Gasteiger charge is -2.04. The van der Waals surface area contributed by atoms with Gasteiger partial charge in [-0.05, 0) is 35.9 Å². The molecule has 1 N–H and O–H groups in total. The van der Waals surface area contributed by atoms with Gasteiger partial charge in [-0.15, -0.1) is 0 Å². The summed E-state index contributed by atoms with van der Waals surface area (Å²) in [6.07, 6.45) is 2.90. The van der Waals surface area contributed by atoms with E-state index in [0.717, 1.165) is 5.56 Å². The topological polar surface area (TPSA) is 47.6 Å². The fourth-order valence-electron chi connectivity index (χ4n) is 1.96. The summed E-state index contributed by atoms with van der Waals surface area (Å²) >= 11 is 5.65. The molecule has 0 radical (unpaired) electrons. The van der Waals surface area contributed by atoms with Crippen molar-refractivity contribution in [1.29, 1.82) is 0 Å². The van der Waals surface area contributed by atoms with Crippen molar-refractivity contribution in [3.63, 3.8) is 0 Å². The molecule has 0 bridgehead atoms. The SMILES string of the molecule is O=C(/C=C/c1ccc2c(c1)OCO2)Nc1cccc(Cl)c1F. The van der Waals surface area contributed by atoms with Crippen molar-refractivity contribution in [2.45, 2.75) is 0 Å². The summed E-state index contributed by atoms with van der Waals surface area (Å²) in [6.45, 7) is 0.191. The van der Waals surface area contributed by atoms with Crippen LogP contribution in [0.1, 0.15) is 5.56 Å². The fraction of sp³-hybridized carbons (Fsp3) is 0.0625. The molecule has 0 saturated heterocycles. The van der Waals surface area contributed by atoms with Gasteiger partial charge in [0.1, 0.15) is 0 Å². The highest BCUT2D eigenvalue weighted by Gasteiger charge is 2.12. The van der Waals surface area contributed by atoms with Crippen LogP contribution in [-0.4, -0.2) is 12.7 Å². The van der Waals surface area contributed by atoms with Crippen LogP contribution < -0.4 is 14.8 Å². The van der Waals surface area contributed by atoms with Gasteiger partial charge in [-0.1, -0.05) is 23.7 Å². The molecule has 22 heavy (non-hydrogen) atoms. The van der Waals surface area contributed by atoms with E-state index in [9.17, 15) is 9.18 Å². The first-order chi connectivity index (χ1) is 10.6. The molecule has 1 aliphatic heterocycles. The number of halogens is 2. The maximum Gasteiger partial charge on any atom is 0.248 e. The number of benzene rings is 2. The molecule has 2 aromatic carbocycles. The first-order valence-electron chi connectivity index (χ1n) is 6.46. The van der Waals surface area contributed by atoms with Gasteiger partial charge in [0.05, 0.1) is 10.7 Å². The molecule has 0 unspecified atom stereocenters. The van der Waals surface area contributed by atoms with Gasteiger partial charge in [-0.3, -0.25) is 4.79 Å². The first-order valence-corrected chi connectivity index (χ1v) is 6.84. The molecule has 1 amide bonds. The molecule has 2 aromatic rings. The van der Waals surface area contributed by atoms with Gasteiger partial charge in [0, 0.05) is 6.08 Å². The number of nitrogens with one attached hydrogen (secondary N) is 1. The third kappa shape index (κ3) is 3.04. The van der Waals surface area contributed by atoms with E-state index in [0.29, 0.717) is 11.5 Å². The van der Waals surface area contributed by atoms with Crippen LogP contribution >= 0.6 is 11.6 Å². The molecule has 0 atom stereocenters. The maximum absolute atomic E-state index is 13.7. The average molecular weight is 320 g/mol. The number of carbonyl (C=O) groups excluding carboxylic acids is 1. The summed E-state index contributed by atoms with van der Waals surface area (Å²) in [5.41, 5.74) is 0.804. The summed E-state index contributed by atoms with van der Waals surface area (Å²) in [6, 6.07) is 9.71. The monoisotopic (exact) mass is 319 g/mol. The Labute approximate surface area is 131 Å². The Morgan fingerprint density at radius 1 is 1.23 bits per heavy atom. The van der Waals surface area contributed by atoms with Gasteiger partial charge >= 0.3 is 0 Å². The number of anilines is 1.